The van der Waals surface area contributed by atoms with Gasteiger partial charge in [-0.05, 0) is 36.1 Å². The molecule has 1 heterocycles. The van der Waals surface area contributed by atoms with Gasteiger partial charge in [-0.1, -0.05) is 54.1 Å². The molecule has 1 aliphatic rings. The SMILES string of the molecule is O=C(C[C@@H](c1ccccc1)c1cccc(Cl)c1)NCCN1CCCCC1=O. The molecule has 5 heteroatoms. The van der Waals surface area contributed by atoms with Crippen molar-refractivity contribution in [3.63, 3.8) is 0 Å². The van der Waals surface area contributed by atoms with Crippen molar-refractivity contribution < 1.29 is 9.59 Å². The Hall–Kier alpha value is -2.33. The third kappa shape index (κ3) is 5.57. The normalized spacial score (nSPS) is 15.4. The smallest absolute Gasteiger partial charge is 0.222 e. The summed E-state index contributed by atoms with van der Waals surface area (Å²) >= 11 is 6.16. The molecule has 0 saturated carbocycles. The molecule has 0 aliphatic carbocycles. The molecule has 0 unspecified atom stereocenters. The fraction of sp³-hybridized carbons (Fsp3) is 0.364. The van der Waals surface area contributed by atoms with Crippen molar-refractivity contribution in [2.24, 2.45) is 0 Å². The third-order valence-corrected chi connectivity index (χ3v) is 5.20. The number of piperidine rings is 1. The van der Waals surface area contributed by atoms with E-state index in [1.54, 1.807) is 0 Å². The molecule has 27 heavy (non-hydrogen) atoms. The summed E-state index contributed by atoms with van der Waals surface area (Å²) in [6.45, 7) is 1.86. The maximum Gasteiger partial charge on any atom is 0.222 e. The lowest BCUT2D eigenvalue weighted by atomic mass is 9.88. The Kier molecular flexibility index (Phi) is 6.88. The molecule has 0 bridgehead atoms. The molecule has 3 rings (SSSR count). The number of nitrogens with zero attached hydrogens (tertiary/aromatic N) is 1. The summed E-state index contributed by atoms with van der Waals surface area (Å²) in [7, 11) is 0. The second kappa shape index (κ2) is 9.56. The first kappa shape index (κ1) is 19.4. The highest BCUT2D eigenvalue weighted by Gasteiger charge is 2.20. The quantitative estimate of drug-likeness (QED) is 0.784. The van der Waals surface area contributed by atoms with Crippen LogP contribution in [0.1, 0.15) is 42.7 Å². The van der Waals surface area contributed by atoms with Gasteiger partial charge in [-0.15, -0.1) is 0 Å². The van der Waals surface area contributed by atoms with Crippen LogP contribution >= 0.6 is 11.6 Å². The molecule has 2 aromatic rings. The Morgan fingerprint density at radius 2 is 1.85 bits per heavy atom. The Balaban J connectivity index is 1.62. The largest absolute Gasteiger partial charge is 0.354 e. The van der Waals surface area contributed by atoms with Crippen molar-refractivity contribution in [1.29, 1.82) is 0 Å². The molecule has 1 fully saturated rings. The van der Waals surface area contributed by atoms with Crippen LogP contribution in [0.15, 0.2) is 54.6 Å². The first-order valence-electron chi connectivity index (χ1n) is 9.48. The van der Waals surface area contributed by atoms with Gasteiger partial charge in [0.15, 0.2) is 0 Å². The van der Waals surface area contributed by atoms with E-state index in [2.05, 4.69) is 5.32 Å². The number of hydrogen-bond donors (Lipinski definition) is 1. The average Bonchev–Trinajstić information content (AvgIpc) is 2.68. The first-order chi connectivity index (χ1) is 13.1. The van der Waals surface area contributed by atoms with E-state index in [1.807, 2.05) is 59.5 Å². The first-order valence-corrected chi connectivity index (χ1v) is 9.86. The van der Waals surface area contributed by atoms with Gasteiger partial charge in [-0.3, -0.25) is 9.59 Å². The van der Waals surface area contributed by atoms with Gasteiger partial charge >= 0.3 is 0 Å². The Morgan fingerprint density at radius 3 is 2.59 bits per heavy atom. The highest BCUT2D eigenvalue weighted by atomic mass is 35.5. The van der Waals surface area contributed by atoms with Gasteiger partial charge < -0.3 is 10.2 Å². The third-order valence-electron chi connectivity index (χ3n) is 4.97. The van der Waals surface area contributed by atoms with E-state index in [0.717, 1.165) is 30.5 Å². The predicted molar refractivity (Wildman–Crippen MR) is 108 cm³/mol. The summed E-state index contributed by atoms with van der Waals surface area (Å²) in [4.78, 5) is 26.3. The second-order valence-electron chi connectivity index (χ2n) is 6.91. The van der Waals surface area contributed by atoms with E-state index < -0.39 is 0 Å². The average molecular weight is 385 g/mol. The Bertz CT molecular complexity index is 779. The zero-order chi connectivity index (χ0) is 19.1. The van der Waals surface area contributed by atoms with E-state index in [9.17, 15) is 9.59 Å². The zero-order valence-corrected chi connectivity index (χ0v) is 16.1. The van der Waals surface area contributed by atoms with Crippen LogP contribution in [0, 0.1) is 0 Å². The van der Waals surface area contributed by atoms with Crippen molar-refractivity contribution in [3.8, 4) is 0 Å². The van der Waals surface area contributed by atoms with Crippen LogP contribution in [-0.4, -0.2) is 36.3 Å². The number of rotatable bonds is 7. The van der Waals surface area contributed by atoms with Gasteiger partial charge in [0.2, 0.25) is 11.8 Å². The number of amides is 2. The number of benzene rings is 2. The van der Waals surface area contributed by atoms with E-state index in [-0.39, 0.29) is 17.7 Å². The molecule has 1 saturated heterocycles. The molecule has 142 valence electrons. The minimum Gasteiger partial charge on any atom is -0.354 e. The number of carbonyl (C=O) groups excluding carboxylic acids is 2. The molecular weight excluding hydrogens is 360 g/mol. The second-order valence-corrected chi connectivity index (χ2v) is 7.35. The molecule has 2 aromatic carbocycles. The minimum atomic E-state index is -0.0541. The highest BCUT2D eigenvalue weighted by Crippen LogP contribution is 2.29. The van der Waals surface area contributed by atoms with Gasteiger partial charge in [0, 0.05) is 43.4 Å². The Labute approximate surface area is 165 Å². The van der Waals surface area contributed by atoms with Crippen molar-refractivity contribution in [1.82, 2.24) is 10.2 Å². The zero-order valence-electron chi connectivity index (χ0n) is 15.4. The summed E-state index contributed by atoms with van der Waals surface area (Å²) in [6.07, 6.45) is 2.99. The van der Waals surface area contributed by atoms with Crippen LogP contribution in [0.3, 0.4) is 0 Å². The van der Waals surface area contributed by atoms with E-state index >= 15 is 0 Å². The summed E-state index contributed by atoms with van der Waals surface area (Å²) in [5, 5.41) is 3.63. The molecule has 0 radical (unpaired) electrons. The lowest BCUT2D eigenvalue weighted by Gasteiger charge is -2.26. The molecule has 0 aromatic heterocycles. The summed E-state index contributed by atoms with van der Waals surface area (Å²) in [6, 6.07) is 17.7. The Morgan fingerprint density at radius 1 is 1.07 bits per heavy atom. The number of carbonyl (C=O) groups is 2. The number of halogens is 1. The van der Waals surface area contributed by atoms with Gasteiger partial charge in [0.1, 0.15) is 0 Å². The molecule has 1 aliphatic heterocycles. The van der Waals surface area contributed by atoms with E-state index in [0.29, 0.717) is 31.0 Å². The standard InChI is InChI=1S/C22H25ClN2O2/c23-19-10-6-9-18(15-19)20(17-7-2-1-3-8-17)16-21(26)24-12-14-25-13-5-4-11-22(25)27/h1-3,6-10,15,20H,4-5,11-14,16H2,(H,24,26)/t20-/m0/s1. The maximum atomic E-state index is 12.6. The van der Waals surface area contributed by atoms with Crippen LogP contribution in [0.2, 0.25) is 5.02 Å². The van der Waals surface area contributed by atoms with Crippen LogP contribution in [0.5, 0.6) is 0 Å². The molecule has 4 nitrogen and oxygen atoms in total. The fourth-order valence-electron chi connectivity index (χ4n) is 3.52. The molecule has 0 spiro atoms. The van der Waals surface area contributed by atoms with E-state index in [1.165, 1.54) is 0 Å². The van der Waals surface area contributed by atoms with Gasteiger partial charge in [0.05, 0.1) is 0 Å². The van der Waals surface area contributed by atoms with E-state index in [4.69, 9.17) is 11.6 Å². The summed E-state index contributed by atoms with van der Waals surface area (Å²) < 4.78 is 0. The topological polar surface area (TPSA) is 49.4 Å². The van der Waals surface area contributed by atoms with Crippen molar-refractivity contribution >= 4 is 23.4 Å². The number of hydrogen-bond acceptors (Lipinski definition) is 2. The van der Waals surface area contributed by atoms with Gasteiger partial charge in [0.25, 0.3) is 0 Å². The molecule has 2 amide bonds. The monoisotopic (exact) mass is 384 g/mol. The fourth-order valence-corrected chi connectivity index (χ4v) is 3.72. The predicted octanol–water partition coefficient (Wildman–Crippen LogP) is 3.99. The van der Waals surface area contributed by atoms with Crippen molar-refractivity contribution in [2.45, 2.75) is 31.6 Å². The lowest BCUT2D eigenvalue weighted by molar-refractivity contribution is -0.133. The highest BCUT2D eigenvalue weighted by molar-refractivity contribution is 6.30. The van der Waals surface area contributed by atoms with Crippen LogP contribution in [-0.2, 0) is 9.59 Å². The van der Waals surface area contributed by atoms with Gasteiger partial charge in [-0.2, -0.15) is 0 Å². The minimum absolute atomic E-state index is 0.0201. The summed E-state index contributed by atoms with van der Waals surface area (Å²) in [5.74, 6) is 0.117. The lowest BCUT2D eigenvalue weighted by Crippen LogP contribution is -2.41. The van der Waals surface area contributed by atoms with Crippen molar-refractivity contribution in [2.75, 3.05) is 19.6 Å². The van der Waals surface area contributed by atoms with Crippen LogP contribution in [0.25, 0.3) is 0 Å². The number of nitrogens with one attached hydrogen (secondary N) is 1. The number of likely N-dealkylation sites (tertiary alicyclic amines) is 1. The molecule has 1 atom stereocenters. The van der Waals surface area contributed by atoms with Gasteiger partial charge in [-0.25, -0.2) is 0 Å². The maximum absolute atomic E-state index is 12.6. The molecular formula is C22H25ClN2O2. The summed E-state index contributed by atoms with van der Waals surface area (Å²) in [5.41, 5.74) is 2.11. The van der Waals surface area contributed by atoms with Crippen LogP contribution < -0.4 is 5.32 Å². The van der Waals surface area contributed by atoms with Crippen LogP contribution in [0.4, 0.5) is 0 Å². The van der Waals surface area contributed by atoms with Crippen molar-refractivity contribution in [3.05, 3.63) is 70.7 Å². The molecule has 1 N–H and O–H groups in total.